The second-order valence-corrected chi connectivity index (χ2v) is 4.63. The van der Waals surface area contributed by atoms with E-state index in [2.05, 4.69) is 10.4 Å². The first kappa shape index (κ1) is 17.1. The summed E-state index contributed by atoms with van der Waals surface area (Å²) in [6.07, 6.45) is 1.45. The Bertz CT molecular complexity index is 756. The first-order valence-electron chi connectivity index (χ1n) is 6.85. The molecular formula is C15H17N3O6. The molecule has 1 heterocycles. The summed E-state index contributed by atoms with van der Waals surface area (Å²) in [5, 5.41) is 15.3. The molecule has 0 aliphatic rings. The van der Waals surface area contributed by atoms with Crippen molar-refractivity contribution in [3.8, 4) is 17.2 Å². The van der Waals surface area contributed by atoms with Crippen LogP contribution in [0.15, 0.2) is 24.4 Å². The molecule has 0 saturated heterocycles. The number of hydrogen-bond acceptors (Lipinski definition) is 6. The van der Waals surface area contributed by atoms with Gasteiger partial charge in [0.05, 0.1) is 26.9 Å². The number of carboxylic acids is 1. The van der Waals surface area contributed by atoms with E-state index in [0.29, 0.717) is 11.5 Å². The minimum Gasteiger partial charge on any atom is -0.493 e. The van der Waals surface area contributed by atoms with Crippen LogP contribution in [-0.4, -0.2) is 48.1 Å². The zero-order valence-corrected chi connectivity index (χ0v) is 13.4. The molecule has 0 spiro atoms. The number of hydrogen-bond donors (Lipinski definition) is 2. The predicted octanol–water partition coefficient (Wildman–Crippen LogP) is 1.25. The first-order chi connectivity index (χ1) is 11.5. The molecule has 24 heavy (non-hydrogen) atoms. The van der Waals surface area contributed by atoms with E-state index in [-0.39, 0.29) is 23.7 Å². The third kappa shape index (κ3) is 3.57. The maximum Gasteiger partial charge on any atom is 0.325 e. The van der Waals surface area contributed by atoms with Crippen LogP contribution in [0.2, 0.25) is 0 Å². The fourth-order valence-electron chi connectivity index (χ4n) is 2.12. The number of methoxy groups -OCH3 is 3. The fraction of sp³-hybridized carbons (Fsp3) is 0.267. The van der Waals surface area contributed by atoms with Crippen LogP contribution in [0, 0.1) is 0 Å². The summed E-state index contributed by atoms with van der Waals surface area (Å²) < 4.78 is 16.9. The highest BCUT2D eigenvalue weighted by Gasteiger charge is 2.21. The summed E-state index contributed by atoms with van der Waals surface area (Å²) in [4.78, 5) is 23.1. The standard InChI is InChI=1S/C15H17N3O6/c1-22-10-5-4-9(13(23-2)14(10)24-3)15(21)16-11-6-7-18(17-11)8-12(19)20/h4-7H,8H2,1-3H3,(H,19,20)(H,16,17,21). The maximum absolute atomic E-state index is 12.4. The quantitative estimate of drug-likeness (QED) is 0.783. The molecule has 0 unspecified atom stereocenters. The van der Waals surface area contributed by atoms with Gasteiger partial charge in [-0.25, -0.2) is 0 Å². The molecule has 128 valence electrons. The molecule has 0 aliphatic carbocycles. The molecule has 0 bridgehead atoms. The van der Waals surface area contributed by atoms with Crippen molar-refractivity contribution < 1.29 is 28.9 Å². The number of aliphatic carboxylic acids is 1. The molecule has 1 aromatic carbocycles. The second-order valence-electron chi connectivity index (χ2n) is 4.63. The summed E-state index contributed by atoms with van der Waals surface area (Å²) in [7, 11) is 4.33. The van der Waals surface area contributed by atoms with Gasteiger partial charge in [0.25, 0.3) is 5.91 Å². The first-order valence-corrected chi connectivity index (χ1v) is 6.85. The molecule has 2 rings (SSSR count). The summed E-state index contributed by atoms with van der Waals surface area (Å²) in [5.74, 6) is -0.344. The number of aromatic nitrogens is 2. The van der Waals surface area contributed by atoms with Gasteiger partial charge in [-0.3, -0.25) is 14.3 Å². The van der Waals surface area contributed by atoms with E-state index in [1.54, 1.807) is 6.07 Å². The van der Waals surface area contributed by atoms with Crippen molar-refractivity contribution in [1.29, 1.82) is 0 Å². The number of carboxylic acid groups (broad SMARTS) is 1. The van der Waals surface area contributed by atoms with E-state index in [4.69, 9.17) is 19.3 Å². The summed E-state index contributed by atoms with van der Waals surface area (Å²) in [6, 6.07) is 4.61. The Labute approximate surface area is 137 Å². The van der Waals surface area contributed by atoms with E-state index >= 15 is 0 Å². The fourth-order valence-corrected chi connectivity index (χ4v) is 2.12. The number of benzene rings is 1. The zero-order valence-electron chi connectivity index (χ0n) is 13.4. The van der Waals surface area contributed by atoms with E-state index in [0.717, 1.165) is 0 Å². The molecule has 1 amide bonds. The number of anilines is 1. The molecule has 9 nitrogen and oxygen atoms in total. The van der Waals surface area contributed by atoms with E-state index in [9.17, 15) is 9.59 Å². The van der Waals surface area contributed by atoms with Gasteiger partial charge >= 0.3 is 5.97 Å². The second kappa shape index (κ2) is 7.36. The maximum atomic E-state index is 12.4. The third-order valence-electron chi connectivity index (χ3n) is 3.13. The third-order valence-corrected chi connectivity index (χ3v) is 3.13. The largest absolute Gasteiger partial charge is 0.493 e. The Kier molecular flexibility index (Phi) is 5.25. The number of carbonyl (C=O) groups excluding carboxylic acids is 1. The topological polar surface area (TPSA) is 112 Å². The molecule has 0 fully saturated rings. The molecule has 2 N–H and O–H groups in total. The number of nitrogens with one attached hydrogen (secondary N) is 1. The van der Waals surface area contributed by atoms with Crippen LogP contribution >= 0.6 is 0 Å². The van der Waals surface area contributed by atoms with Crippen molar-refractivity contribution in [3.63, 3.8) is 0 Å². The predicted molar refractivity (Wildman–Crippen MR) is 83.9 cm³/mol. The van der Waals surface area contributed by atoms with Gasteiger partial charge in [-0.2, -0.15) is 5.10 Å². The van der Waals surface area contributed by atoms with Crippen molar-refractivity contribution in [2.75, 3.05) is 26.6 Å². The molecule has 0 atom stereocenters. The highest BCUT2D eigenvalue weighted by molar-refractivity contribution is 6.06. The lowest BCUT2D eigenvalue weighted by Crippen LogP contribution is -2.15. The van der Waals surface area contributed by atoms with Gasteiger partial charge in [-0.1, -0.05) is 0 Å². The Morgan fingerprint density at radius 1 is 1.12 bits per heavy atom. The Hall–Kier alpha value is -3.23. The lowest BCUT2D eigenvalue weighted by atomic mass is 10.1. The van der Waals surface area contributed by atoms with Crippen LogP contribution in [0.1, 0.15) is 10.4 Å². The smallest absolute Gasteiger partial charge is 0.325 e. The van der Waals surface area contributed by atoms with E-state index < -0.39 is 11.9 Å². The number of rotatable bonds is 7. The van der Waals surface area contributed by atoms with Gasteiger partial charge in [0.2, 0.25) is 5.75 Å². The lowest BCUT2D eigenvalue weighted by molar-refractivity contribution is -0.137. The van der Waals surface area contributed by atoms with Gasteiger partial charge in [0, 0.05) is 12.3 Å². The minimum absolute atomic E-state index is 0.220. The molecule has 0 aliphatic heterocycles. The van der Waals surface area contributed by atoms with Crippen LogP contribution in [0.5, 0.6) is 17.2 Å². The SMILES string of the molecule is COc1ccc(C(=O)Nc2ccn(CC(=O)O)n2)c(OC)c1OC. The van der Waals surface area contributed by atoms with Crippen molar-refractivity contribution in [1.82, 2.24) is 9.78 Å². The average Bonchev–Trinajstić information content (AvgIpc) is 2.98. The lowest BCUT2D eigenvalue weighted by Gasteiger charge is -2.15. The van der Waals surface area contributed by atoms with Crippen molar-refractivity contribution >= 4 is 17.7 Å². The average molecular weight is 335 g/mol. The van der Waals surface area contributed by atoms with Gasteiger partial charge in [-0.15, -0.1) is 0 Å². The molecule has 9 heteroatoms. The summed E-state index contributed by atoms with van der Waals surface area (Å²) >= 11 is 0. The number of ether oxygens (including phenoxy) is 3. The van der Waals surface area contributed by atoms with Crippen LogP contribution in [-0.2, 0) is 11.3 Å². The molecule has 0 saturated carbocycles. The molecular weight excluding hydrogens is 318 g/mol. The zero-order chi connectivity index (χ0) is 17.7. The van der Waals surface area contributed by atoms with Crippen molar-refractivity contribution in [2.24, 2.45) is 0 Å². The number of amides is 1. The Morgan fingerprint density at radius 2 is 1.83 bits per heavy atom. The van der Waals surface area contributed by atoms with Crippen molar-refractivity contribution in [3.05, 3.63) is 30.0 Å². The molecule has 0 radical (unpaired) electrons. The van der Waals surface area contributed by atoms with Crippen molar-refractivity contribution in [2.45, 2.75) is 6.54 Å². The normalized spacial score (nSPS) is 10.1. The van der Waals surface area contributed by atoms with E-state index in [1.807, 2.05) is 0 Å². The highest BCUT2D eigenvalue weighted by Crippen LogP contribution is 2.39. The Morgan fingerprint density at radius 3 is 2.42 bits per heavy atom. The van der Waals surface area contributed by atoms with Crippen LogP contribution < -0.4 is 19.5 Å². The molecule has 1 aromatic heterocycles. The van der Waals surface area contributed by atoms with Crippen LogP contribution in [0.25, 0.3) is 0 Å². The Balaban J connectivity index is 2.26. The number of carbonyl (C=O) groups is 2. The van der Waals surface area contributed by atoms with Gasteiger partial charge in [0.15, 0.2) is 17.3 Å². The van der Waals surface area contributed by atoms with Gasteiger partial charge in [-0.05, 0) is 12.1 Å². The number of nitrogens with zero attached hydrogens (tertiary/aromatic N) is 2. The minimum atomic E-state index is -1.03. The van der Waals surface area contributed by atoms with Gasteiger partial charge < -0.3 is 24.6 Å². The van der Waals surface area contributed by atoms with E-state index in [1.165, 1.54) is 44.3 Å². The highest BCUT2D eigenvalue weighted by atomic mass is 16.5. The summed E-state index contributed by atoms with van der Waals surface area (Å²) in [6.45, 7) is -0.296. The molecule has 2 aromatic rings. The van der Waals surface area contributed by atoms with Crippen LogP contribution in [0.3, 0.4) is 0 Å². The van der Waals surface area contributed by atoms with Gasteiger partial charge in [0.1, 0.15) is 6.54 Å². The van der Waals surface area contributed by atoms with Crippen LogP contribution in [0.4, 0.5) is 5.82 Å². The monoisotopic (exact) mass is 335 g/mol. The summed E-state index contributed by atoms with van der Waals surface area (Å²) in [5.41, 5.74) is 0.225.